The van der Waals surface area contributed by atoms with Crippen LogP contribution in [0.2, 0.25) is 0 Å². The summed E-state index contributed by atoms with van der Waals surface area (Å²) in [5.41, 5.74) is 2.99. The van der Waals surface area contributed by atoms with Crippen LogP contribution in [0.25, 0.3) is 0 Å². The molecule has 3 rings (SSSR count). The number of hydrogen-bond acceptors (Lipinski definition) is 6. The van der Waals surface area contributed by atoms with Crippen molar-refractivity contribution in [2.45, 2.75) is 26.2 Å². The smallest absolute Gasteiger partial charge is 0.337 e. The average molecular weight is 427 g/mol. The van der Waals surface area contributed by atoms with E-state index in [4.69, 9.17) is 14.2 Å². The van der Waals surface area contributed by atoms with E-state index in [2.05, 4.69) is 31.0 Å². The molecule has 166 valence electrons. The third-order valence-electron chi connectivity index (χ3n) is 5.13. The van der Waals surface area contributed by atoms with E-state index in [-0.39, 0.29) is 17.9 Å². The molecule has 0 radical (unpaired) electrons. The number of ether oxygens (including phenoxy) is 3. The highest BCUT2D eigenvalue weighted by Crippen LogP contribution is 2.29. The van der Waals surface area contributed by atoms with Gasteiger partial charge in [-0.05, 0) is 41.3 Å². The van der Waals surface area contributed by atoms with E-state index < -0.39 is 5.97 Å². The number of hydrogen-bond donors (Lipinski definition) is 1. The first kappa shape index (κ1) is 22.6. The van der Waals surface area contributed by atoms with Crippen LogP contribution in [0.5, 0.6) is 5.75 Å². The van der Waals surface area contributed by atoms with Gasteiger partial charge in [-0.25, -0.2) is 4.79 Å². The Morgan fingerprint density at radius 3 is 2.35 bits per heavy atom. The molecule has 7 heteroatoms. The summed E-state index contributed by atoms with van der Waals surface area (Å²) < 4.78 is 15.9. The maximum absolute atomic E-state index is 12.6. The highest BCUT2D eigenvalue weighted by Gasteiger charge is 2.19. The number of amides is 1. The van der Waals surface area contributed by atoms with Crippen LogP contribution in [-0.2, 0) is 19.7 Å². The Kier molecular flexibility index (Phi) is 7.17. The Bertz CT molecular complexity index is 913. The number of nitrogens with one attached hydrogen (secondary N) is 1. The quantitative estimate of drug-likeness (QED) is 0.711. The van der Waals surface area contributed by atoms with Gasteiger partial charge in [-0.3, -0.25) is 4.79 Å². The van der Waals surface area contributed by atoms with E-state index in [0.717, 1.165) is 5.69 Å². The largest absolute Gasteiger partial charge is 0.484 e. The molecule has 1 aliphatic rings. The lowest BCUT2D eigenvalue weighted by Crippen LogP contribution is -2.37. The molecule has 0 saturated carbocycles. The average Bonchev–Trinajstić information content (AvgIpc) is 2.77. The molecule has 2 aromatic rings. The van der Waals surface area contributed by atoms with Crippen LogP contribution in [0.4, 0.5) is 11.4 Å². The van der Waals surface area contributed by atoms with Crippen molar-refractivity contribution >= 4 is 23.3 Å². The van der Waals surface area contributed by atoms with Crippen LogP contribution in [0.15, 0.2) is 42.5 Å². The number of carbonyl (C=O) groups is 2. The summed E-state index contributed by atoms with van der Waals surface area (Å²) in [4.78, 5) is 26.7. The molecule has 0 aliphatic carbocycles. The van der Waals surface area contributed by atoms with Gasteiger partial charge in [-0.1, -0.05) is 32.9 Å². The minimum Gasteiger partial charge on any atom is -0.484 e. The summed E-state index contributed by atoms with van der Waals surface area (Å²) >= 11 is 0. The molecule has 0 atom stereocenters. The van der Waals surface area contributed by atoms with Crippen molar-refractivity contribution < 1.29 is 23.8 Å². The number of morpholine rings is 1. The van der Waals surface area contributed by atoms with Gasteiger partial charge < -0.3 is 24.4 Å². The van der Waals surface area contributed by atoms with Crippen molar-refractivity contribution in [3.05, 3.63) is 53.6 Å². The van der Waals surface area contributed by atoms with E-state index >= 15 is 0 Å². The van der Waals surface area contributed by atoms with Crippen LogP contribution in [0.3, 0.4) is 0 Å². The van der Waals surface area contributed by atoms with E-state index in [1.54, 1.807) is 12.1 Å². The molecule has 1 amide bonds. The van der Waals surface area contributed by atoms with E-state index in [1.165, 1.54) is 12.7 Å². The van der Waals surface area contributed by atoms with Gasteiger partial charge in [0.15, 0.2) is 6.61 Å². The molecular weight excluding hydrogens is 396 g/mol. The molecule has 1 fully saturated rings. The fraction of sp³-hybridized carbons (Fsp3) is 0.417. The second kappa shape index (κ2) is 9.83. The molecule has 0 aromatic heterocycles. The molecule has 0 bridgehead atoms. The summed E-state index contributed by atoms with van der Waals surface area (Å²) in [7, 11) is 1.33. The number of carbonyl (C=O) groups excluding carboxylic acids is 2. The maximum Gasteiger partial charge on any atom is 0.337 e. The fourth-order valence-electron chi connectivity index (χ4n) is 3.35. The van der Waals surface area contributed by atoms with Crippen molar-refractivity contribution in [2.75, 3.05) is 50.2 Å². The van der Waals surface area contributed by atoms with Gasteiger partial charge >= 0.3 is 5.97 Å². The number of rotatable bonds is 6. The first-order chi connectivity index (χ1) is 14.8. The normalized spacial score (nSPS) is 14.1. The zero-order valence-electron chi connectivity index (χ0n) is 18.6. The number of methoxy groups -OCH3 is 1. The fourth-order valence-corrected chi connectivity index (χ4v) is 3.35. The Morgan fingerprint density at radius 2 is 1.74 bits per heavy atom. The number of esters is 1. The standard InChI is InChI=1S/C24H30N2O5/c1-24(2,3)18-6-8-19(9-7-18)31-16-22(27)25-20-15-17(23(28)29-4)5-10-21(20)26-11-13-30-14-12-26/h5-10,15H,11-14,16H2,1-4H3,(H,25,27). The molecule has 1 aliphatic heterocycles. The van der Waals surface area contributed by atoms with Crippen LogP contribution >= 0.6 is 0 Å². The molecule has 1 saturated heterocycles. The molecule has 1 heterocycles. The Hall–Kier alpha value is -3.06. The summed E-state index contributed by atoms with van der Waals surface area (Å²) in [6.07, 6.45) is 0. The van der Waals surface area contributed by atoms with Gasteiger partial charge in [0.1, 0.15) is 5.75 Å². The lowest BCUT2D eigenvalue weighted by atomic mass is 9.87. The zero-order chi connectivity index (χ0) is 22.4. The minimum atomic E-state index is -0.459. The first-order valence-electron chi connectivity index (χ1n) is 10.4. The van der Waals surface area contributed by atoms with Gasteiger partial charge in [0.2, 0.25) is 0 Å². The second-order valence-electron chi connectivity index (χ2n) is 8.43. The van der Waals surface area contributed by atoms with E-state index in [0.29, 0.717) is 43.3 Å². The Balaban J connectivity index is 1.70. The topological polar surface area (TPSA) is 77.1 Å². The monoisotopic (exact) mass is 426 g/mol. The second-order valence-corrected chi connectivity index (χ2v) is 8.43. The van der Waals surface area contributed by atoms with Crippen molar-refractivity contribution in [1.29, 1.82) is 0 Å². The van der Waals surface area contributed by atoms with Gasteiger partial charge in [-0.2, -0.15) is 0 Å². The number of benzene rings is 2. The Labute approximate surface area is 183 Å². The predicted molar refractivity (Wildman–Crippen MR) is 120 cm³/mol. The van der Waals surface area contributed by atoms with E-state index in [1.807, 2.05) is 30.3 Å². The summed E-state index contributed by atoms with van der Waals surface area (Å²) in [5, 5.41) is 2.88. The summed E-state index contributed by atoms with van der Waals surface area (Å²) in [6, 6.07) is 12.9. The molecule has 7 nitrogen and oxygen atoms in total. The highest BCUT2D eigenvalue weighted by atomic mass is 16.5. The van der Waals surface area contributed by atoms with Gasteiger partial charge in [0, 0.05) is 13.1 Å². The predicted octanol–water partition coefficient (Wildman–Crippen LogP) is 3.62. The molecule has 1 N–H and O–H groups in total. The van der Waals surface area contributed by atoms with Gasteiger partial charge in [0.25, 0.3) is 5.91 Å². The molecular formula is C24H30N2O5. The van der Waals surface area contributed by atoms with Crippen molar-refractivity contribution in [1.82, 2.24) is 0 Å². The van der Waals surface area contributed by atoms with Crippen LogP contribution in [0, 0.1) is 0 Å². The maximum atomic E-state index is 12.6. The summed E-state index contributed by atoms with van der Waals surface area (Å²) in [6.45, 7) is 8.92. The van der Waals surface area contributed by atoms with Crippen LogP contribution in [-0.4, -0.2) is 51.9 Å². The molecule has 0 unspecified atom stereocenters. The lowest BCUT2D eigenvalue weighted by Gasteiger charge is -2.30. The zero-order valence-corrected chi connectivity index (χ0v) is 18.6. The SMILES string of the molecule is COC(=O)c1ccc(N2CCOCC2)c(NC(=O)COc2ccc(C(C)(C)C)cc2)c1. The third kappa shape index (κ3) is 5.98. The lowest BCUT2D eigenvalue weighted by molar-refractivity contribution is -0.118. The first-order valence-corrected chi connectivity index (χ1v) is 10.4. The van der Waals surface area contributed by atoms with Crippen molar-refractivity contribution in [2.24, 2.45) is 0 Å². The van der Waals surface area contributed by atoms with Crippen molar-refractivity contribution in [3.8, 4) is 5.75 Å². The number of anilines is 2. The summed E-state index contributed by atoms with van der Waals surface area (Å²) in [5.74, 6) is -0.143. The van der Waals surface area contributed by atoms with Gasteiger partial charge in [0.05, 0.1) is 37.3 Å². The minimum absolute atomic E-state index is 0.0520. The number of nitrogens with zero attached hydrogens (tertiary/aromatic N) is 1. The molecule has 2 aromatic carbocycles. The highest BCUT2D eigenvalue weighted by molar-refractivity contribution is 5.98. The van der Waals surface area contributed by atoms with Crippen molar-refractivity contribution in [3.63, 3.8) is 0 Å². The van der Waals surface area contributed by atoms with E-state index in [9.17, 15) is 9.59 Å². The molecule has 0 spiro atoms. The van der Waals surface area contributed by atoms with Gasteiger partial charge in [-0.15, -0.1) is 0 Å². The molecule has 31 heavy (non-hydrogen) atoms. The van der Waals surface area contributed by atoms with Crippen LogP contribution < -0.4 is 15.0 Å². The third-order valence-corrected chi connectivity index (χ3v) is 5.13. The van der Waals surface area contributed by atoms with Crippen LogP contribution in [0.1, 0.15) is 36.7 Å². The Morgan fingerprint density at radius 1 is 1.06 bits per heavy atom.